The Labute approximate surface area is 152 Å². The van der Waals surface area contributed by atoms with E-state index in [9.17, 15) is 20.1 Å². The van der Waals surface area contributed by atoms with E-state index in [0.29, 0.717) is 12.2 Å². The number of fused-ring (bicyclic) bond motifs is 1. The van der Waals surface area contributed by atoms with E-state index in [4.69, 9.17) is 10.5 Å². The van der Waals surface area contributed by atoms with Gasteiger partial charge in [-0.25, -0.2) is 4.98 Å². The fourth-order valence-corrected chi connectivity index (χ4v) is 3.31. The van der Waals surface area contributed by atoms with Crippen molar-refractivity contribution in [2.75, 3.05) is 12.3 Å². The highest BCUT2D eigenvalue weighted by Crippen LogP contribution is 2.33. The zero-order valence-corrected chi connectivity index (χ0v) is 14.2. The van der Waals surface area contributed by atoms with Gasteiger partial charge in [-0.15, -0.1) is 0 Å². The van der Waals surface area contributed by atoms with Crippen LogP contribution in [0, 0.1) is 0 Å². The lowest BCUT2D eigenvalue weighted by Gasteiger charge is -2.19. The van der Waals surface area contributed by atoms with Crippen molar-refractivity contribution in [1.29, 1.82) is 0 Å². The van der Waals surface area contributed by atoms with E-state index in [-0.39, 0.29) is 17.1 Å². The molecule has 4 rings (SSSR count). The molecule has 4 atom stereocenters. The van der Waals surface area contributed by atoms with E-state index in [1.165, 1.54) is 4.57 Å². The Balaban J connectivity index is 1.88. The molecule has 1 fully saturated rings. The molecule has 0 aliphatic carbocycles. The summed E-state index contributed by atoms with van der Waals surface area (Å²) < 4.78 is 7.08. The molecule has 10 heteroatoms. The predicted octanol–water partition coefficient (Wildman–Crippen LogP) is -1.10. The molecular formula is C17H19N5O5. The zero-order chi connectivity index (χ0) is 19.1. The van der Waals surface area contributed by atoms with E-state index in [1.54, 1.807) is 0 Å². The normalized spacial score (nSPS) is 25.3. The van der Waals surface area contributed by atoms with Gasteiger partial charge in [-0.2, -0.15) is 4.98 Å². The number of H-pyrrole nitrogens is 1. The van der Waals surface area contributed by atoms with Crippen molar-refractivity contribution < 1.29 is 20.1 Å². The highest BCUT2D eigenvalue weighted by molar-refractivity contribution is 5.72. The molecule has 2 aromatic heterocycles. The van der Waals surface area contributed by atoms with Crippen LogP contribution in [0.1, 0.15) is 17.6 Å². The van der Waals surface area contributed by atoms with Crippen LogP contribution in [0.5, 0.6) is 0 Å². The number of nitrogen functional groups attached to an aromatic ring is 1. The lowest BCUT2D eigenvalue weighted by atomic mass is 10.1. The van der Waals surface area contributed by atoms with Gasteiger partial charge in [0.1, 0.15) is 24.1 Å². The number of hydrogen-bond acceptors (Lipinski definition) is 8. The number of aromatic amines is 1. The third-order valence-corrected chi connectivity index (χ3v) is 4.62. The number of aliphatic hydroxyl groups excluding tert-OH is 3. The smallest absolute Gasteiger partial charge is 0.280 e. The minimum atomic E-state index is -1.34. The Morgan fingerprint density at radius 1 is 1.19 bits per heavy atom. The molecule has 10 nitrogen and oxygen atoms in total. The molecule has 0 saturated carbocycles. The third kappa shape index (κ3) is 2.98. The summed E-state index contributed by atoms with van der Waals surface area (Å²) in [6.07, 6.45) is -4.33. The summed E-state index contributed by atoms with van der Waals surface area (Å²) in [6, 6.07) is 9.42. The lowest BCUT2D eigenvalue weighted by molar-refractivity contribution is -0.0521. The quantitative estimate of drug-likeness (QED) is 0.385. The van der Waals surface area contributed by atoms with Crippen LogP contribution in [0.15, 0.2) is 35.1 Å². The number of hydrogen-bond donors (Lipinski definition) is 5. The van der Waals surface area contributed by atoms with Gasteiger partial charge >= 0.3 is 0 Å². The van der Waals surface area contributed by atoms with Gasteiger partial charge in [-0.05, 0) is 5.56 Å². The molecule has 6 N–H and O–H groups in total. The Morgan fingerprint density at radius 3 is 2.59 bits per heavy atom. The van der Waals surface area contributed by atoms with Crippen LogP contribution in [0.2, 0.25) is 0 Å². The number of rotatable bonds is 4. The van der Waals surface area contributed by atoms with Crippen molar-refractivity contribution in [2.45, 2.75) is 31.0 Å². The fraction of sp³-hybridized carbons (Fsp3) is 0.353. The topological polar surface area (TPSA) is 160 Å². The maximum atomic E-state index is 12.3. The summed E-state index contributed by atoms with van der Waals surface area (Å²) >= 11 is 0. The van der Waals surface area contributed by atoms with Gasteiger partial charge < -0.3 is 25.8 Å². The second-order valence-corrected chi connectivity index (χ2v) is 6.41. The van der Waals surface area contributed by atoms with Crippen LogP contribution >= 0.6 is 0 Å². The van der Waals surface area contributed by atoms with Crippen molar-refractivity contribution in [2.24, 2.45) is 0 Å². The number of nitrogens with zero attached hydrogens (tertiary/aromatic N) is 3. The van der Waals surface area contributed by atoms with E-state index in [2.05, 4.69) is 15.0 Å². The second kappa shape index (κ2) is 6.74. The van der Waals surface area contributed by atoms with E-state index >= 15 is 0 Å². The highest BCUT2D eigenvalue weighted by Gasteiger charge is 2.45. The summed E-state index contributed by atoms with van der Waals surface area (Å²) in [5, 5.41) is 29.9. The van der Waals surface area contributed by atoms with Gasteiger partial charge in [0.05, 0.1) is 6.61 Å². The number of anilines is 1. The molecule has 3 aromatic rings. The van der Waals surface area contributed by atoms with E-state index < -0.39 is 36.7 Å². The van der Waals surface area contributed by atoms with Crippen LogP contribution in [0.25, 0.3) is 11.2 Å². The third-order valence-electron chi connectivity index (χ3n) is 4.62. The lowest BCUT2D eigenvalue weighted by Crippen LogP contribution is -2.33. The summed E-state index contributed by atoms with van der Waals surface area (Å²) in [5.74, 6) is 0.307. The predicted molar refractivity (Wildman–Crippen MR) is 94.8 cm³/mol. The Kier molecular flexibility index (Phi) is 4.40. The number of nitrogens with one attached hydrogen (secondary N) is 1. The first-order valence-corrected chi connectivity index (χ1v) is 8.42. The molecule has 0 bridgehead atoms. The van der Waals surface area contributed by atoms with Crippen molar-refractivity contribution in [3.05, 3.63) is 52.1 Å². The van der Waals surface area contributed by atoms with Crippen LogP contribution in [-0.4, -0.2) is 59.8 Å². The fourth-order valence-electron chi connectivity index (χ4n) is 3.31. The van der Waals surface area contributed by atoms with Crippen LogP contribution < -0.4 is 11.3 Å². The second-order valence-electron chi connectivity index (χ2n) is 6.41. The minimum Gasteiger partial charge on any atom is -0.394 e. The zero-order valence-electron chi connectivity index (χ0n) is 14.2. The molecule has 1 aliphatic rings. The molecule has 1 saturated heterocycles. The number of ether oxygens (including phenoxy) is 1. The van der Waals surface area contributed by atoms with Gasteiger partial charge in [-0.3, -0.25) is 14.3 Å². The number of aliphatic hydroxyl groups is 3. The number of imidazole rings is 1. The molecule has 4 unspecified atom stereocenters. The standard InChI is InChI=1S/C17H19N5O5/c18-17-20-14-11(15(26)21-17)19-10(6-8-4-2-1-3-5-8)22(14)16-13(25)12(24)9(7-23)27-16/h1-5,9,12-13,16,23-25H,6-7H2,(H3,18,20,21,26). The number of nitrogens with two attached hydrogens (primary N) is 1. The van der Waals surface area contributed by atoms with Crippen LogP contribution in [0.3, 0.4) is 0 Å². The number of benzene rings is 1. The van der Waals surface area contributed by atoms with Crippen molar-refractivity contribution in [3.63, 3.8) is 0 Å². The monoisotopic (exact) mass is 373 g/mol. The van der Waals surface area contributed by atoms with Crippen molar-refractivity contribution in [1.82, 2.24) is 19.5 Å². The Hall–Kier alpha value is -2.79. The molecule has 142 valence electrons. The molecular weight excluding hydrogens is 354 g/mol. The largest absolute Gasteiger partial charge is 0.394 e. The summed E-state index contributed by atoms with van der Waals surface area (Å²) in [5.41, 5.74) is 6.26. The van der Waals surface area contributed by atoms with Crippen molar-refractivity contribution in [3.8, 4) is 0 Å². The van der Waals surface area contributed by atoms with Crippen LogP contribution in [0.4, 0.5) is 5.95 Å². The maximum Gasteiger partial charge on any atom is 0.280 e. The van der Waals surface area contributed by atoms with Gasteiger partial charge in [0, 0.05) is 6.42 Å². The molecule has 0 spiro atoms. The van der Waals surface area contributed by atoms with Gasteiger partial charge in [0.2, 0.25) is 5.95 Å². The maximum absolute atomic E-state index is 12.3. The minimum absolute atomic E-state index is 0.0490. The molecule has 1 aromatic carbocycles. The molecule has 3 heterocycles. The molecule has 0 amide bonds. The van der Waals surface area contributed by atoms with E-state index in [1.807, 2.05) is 30.3 Å². The van der Waals surface area contributed by atoms with Crippen LogP contribution in [-0.2, 0) is 11.2 Å². The molecule has 27 heavy (non-hydrogen) atoms. The first kappa shape index (κ1) is 17.6. The van der Waals surface area contributed by atoms with Gasteiger partial charge in [0.25, 0.3) is 5.56 Å². The summed E-state index contributed by atoms with van der Waals surface area (Å²) in [4.78, 5) is 23.2. The Bertz CT molecular complexity index is 1020. The summed E-state index contributed by atoms with van der Waals surface area (Å²) in [7, 11) is 0. The average molecular weight is 373 g/mol. The van der Waals surface area contributed by atoms with Crippen molar-refractivity contribution >= 4 is 17.1 Å². The molecule has 1 aliphatic heterocycles. The first-order chi connectivity index (χ1) is 13.0. The SMILES string of the molecule is Nc1nc2c(nc(Cc3ccccc3)n2C2OC(CO)C(O)C2O)c(=O)[nH]1. The first-order valence-electron chi connectivity index (χ1n) is 8.42. The van der Waals surface area contributed by atoms with E-state index in [0.717, 1.165) is 5.56 Å². The highest BCUT2D eigenvalue weighted by atomic mass is 16.6. The Morgan fingerprint density at radius 2 is 1.93 bits per heavy atom. The van der Waals surface area contributed by atoms with Gasteiger partial charge in [-0.1, -0.05) is 30.3 Å². The average Bonchev–Trinajstić information content (AvgIpc) is 3.14. The van der Waals surface area contributed by atoms with Gasteiger partial charge in [0.15, 0.2) is 17.4 Å². The number of aromatic nitrogens is 4. The summed E-state index contributed by atoms with van der Waals surface area (Å²) in [6.45, 7) is -0.467. The molecule has 0 radical (unpaired) electrons.